The SMILES string of the molecule is COC(=O)c1ccc(NC(=O)C(=O)Nc2ccccc2F)cc1. The van der Waals surface area contributed by atoms with Crippen molar-refractivity contribution >= 4 is 29.2 Å². The van der Waals surface area contributed by atoms with Gasteiger partial charge in [0.25, 0.3) is 0 Å². The fourth-order valence-corrected chi connectivity index (χ4v) is 1.74. The van der Waals surface area contributed by atoms with E-state index in [9.17, 15) is 18.8 Å². The Labute approximate surface area is 131 Å². The Bertz CT molecular complexity index is 744. The van der Waals surface area contributed by atoms with Crippen molar-refractivity contribution in [2.45, 2.75) is 0 Å². The number of carbonyl (C=O) groups excluding carboxylic acids is 3. The second-order valence-electron chi connectivity index (χ2n) is 4.46. The van der Waals surface area contributed by atoms with Crippen LogP contribution in [0.5, 0.6) is 0 Å². The van der Waals surface area contributed by atoms with Crippen LogP contribution in [0.1, 0.15) is 10.4 Å². The third kappa shape index (κ3) is 4.13. The van der Waals surface area contributed by atoms with Crippen LogP contribution in [-0.2, 0) is 14.3 Å². The Morgan fingerprint density at radius 3 is 2.13 bits per heavy atom. The summed E-state index contributed by atoms with van der Waals surface area (Å²) < 4.78 is 18.0. The molecule has 7 heteroatoms. The molecule has 0 radical (unpaired) electrons. The van der Waals surface area contributed by atoms with Gasteiger partial charge >= 0.3 is 17.8 Å². The standard InChI is InChI=1S/C16H13FN2O4/c1-23-16(22)10-6-8-11(9-7-10)18-14(20)15(21)19-13-5-3-2-4-12(13)17/h2-9H,1H3,(H,18,20)(H,19,21). The zero-order chi connectivity index (χ0) is 16.8. The summed E-state index contributed by atoms with van der Waals surface area (Å²) in [6.45, 7) is 0. The van der Waals surface area contributed by atoms with Crippen LogP contribution in [0.25, 0.3) is 0 Å². The number of esters is 1. The smallest absolute Gasteiger partial charge is 0.337 e. The van der Waals surface area contributed by atoms with Crippen LogP contribution in [0, 0.1) is 5.82 Å². The van der Waals surface area contributed by atoms with Gasteiger partial charge < -0.3 is 15.4 Å². The first-order chi connectivity index (χ1) is 11.0. The molecule has 0 saturated carbocycles. The molecule has 0 heterocycles. The number of anilines is 2. The number of halogens is 1. The third-order valence-corrected chi connectivity index (χ3v) is 2.89. The Kier molecular flexibility index (Phi) is 5.03. The van der Waals surface area contributed by atoms with Crippen molar-refractivity contribution in [2.24, 2.45) is 0 Å². The van der Waals surface area contributed by atoms with E-state index < -0.39 is 23.6 Å². The van der Waals surface area contributed by atoms with Gasteiger partial charge in [-0.25, -0.2) is 9.18 Å². The molecule has 2 rings (SSSR count). The maximum atomic E-state index is 13.4. The lowest BCUT2D eigenvalue weighted by molar-refractivity contribution is -0.133. The third-order valence-electron chi connectivity index (χ3n) is 2.89. The van der Waals surface area contributed by atoms with Gasteiger partial charge in [0.05, 0.1) is 18.4 Å². The van der Waals surface area contributed by atoms with Crippen molar-refractivity contribution in [3.05, 3.63) is 59.9 Å². The second kappa shape index (κ2) is 7.17. The molecule has 0 aliphatic heterocycles. The Hall–Kier alpha value is -3.22. The fourth-order valence-electron chi connectivity index (χ4n) is 1.74. The zero-order valence-electron chi connectivity index (χ0n) is 12.1. The molecule has 0 saturated heterocycles. The largest absolute Gasteiger partial charge is 0.465 e. The molecule has 0 aliphatic carbocycles. The van der Waals surface area contributed by atoms with E-state index in [1.165, 1.54) is 55.6 Å². The predicted molar refractivity (Wildman–Crippen MR) is 81.4 cm³/mol. The van der Waals surface area contributed by atoms with Crippen molar-refractivity contribution in [2.75, 3.05) is 17.7 Å². The molecule has 0 aliphatic rings. The highest BCUT2D eigenvalue weighted by Gasteiger charge is 2.16. The van der Waals surface area contributed by atoms with E-state index in [1.54, 1.807) is 0 Å². The lowest BCUT2D eigenvalue weighted by Gasteiger charge is -2.07. The molecule has 0 bridgehead atoms. The second-order valence-corrected chi connectivity index (χ2v) is 4.46. The molecular weight excluding hydrogens is 303 g/mol. The minimum atomic E-state index is -1.01. The van der Waals surface area contributed by atoms with Gasteiger partial charge in [-0.05, 0) is 36.4 Å². The van der Waals surface area contributed by atoms with Crippen LogP contribution in [0.2, 0.25) is 0 Å². The molecule has 0 aromatic heterocycles. The van der Waals surface area contributed by atoms with Gasteiger partial charge in [-0.1, -0.05) is 12.1 Å². The van der Waals surface area contributed by atoms with E-state index in [0.29, 0.717) is 11.3 Å². The van der Waals surface area contributed by atoms with Crippen LogP contribution in [0.3, 0.4) is 0 Å². The summed E-state index contributed by atoms with van der Waals surface area (Å²) in [4.78, 5) is 34.8. The number of carbonyl (C=O) groups is 3. The molecular formula is C16H13FN2O4. The molecule has 2 aromatic carbocycles. The van der Waals surface area contributed by atoms with Gasteiger partial charge in [0.1, 0.15) is 5.82 Å². The molecule has 2 amide bonds. The average molecular weight is 316 g/mol. The van der Waals surface area contributed by atoms with Crippen LogP contribution < -0.4 is 10.6 Å². The molecule has 0 atom stereocenters. The summed E-state index contributed by atoms with van der Waals surface area (Å²) in [5, 5.41) is 4.51. The fraction of sp³-hybridized carbons (Fsp3) is 0.0625. The number of rotatable bonds is 3. The highest BCUT2D eigenvalue weighted by Crippen LogP contribution is 2.13. The Morgan fingerprint density at radius 2 is 1.52 bits per heavy atom. The monoisotopic (exact) mass is 316 g/mol. The maximum Gasteiger partial charge on any atom is 0.337 e. The number of hydrogen-bond donors (Lipinski definition) is 2. The van der Waals surface area contributed by atoms with Crippen molar-refractivity contribution < 1.29 is 23.5 Å². The van der Waals surface area contributed by atoms with Gasteiger partial charge in [-0.3, -0.25) is 9.59 Å². The summed E-state index contributed by atoms with van der Waals surface area (Å²) in [6, 6.07) is 11.3. The van der Waals surface area contributed by atoms with E-state index in [2.05, 4.69) is 15.4 Å². The summed E-state index contributed by atoms with van der Waals surface area (Å²) in [6.07, 6.45) is 0. The number of para-hydroxylation sites is 1. The van der Waals surface area contributed by atoms with E-state index in [0.717, 1.165) is 0 Å². The maximum absolute atomic E-state index is 13.4. The first-order valence-electron chi connectivity index (χ1n) is 6.56. The highest BCUT2D eigenvalue weighted by molar-refractivity contribution is 6.43. The number of nitrogens with one attached hydrogen (secondary N) is 2. The summed E-state index contributed by atoms with van der Waals surface area (Å²) >= 11 is 0. The molecule has 0 spiro atoms. The summed E-state index contributed by atoms with van der Waals surface area (Å²) in [5.41, 5.74) is 0.529. The first kappa shape index (κ1) is 16.2. The first-order valence-corrected chi connectivity index (χ1v) is 6.56. The van der Waals surface area contributed by atoms with Gasteiger partial charge in [-0.15, -0.1) is 0 Å². The van der Waals surface area contributed by atoms with Gasteiger partial charge in [0, 0.05) is 5.69 Å². The zero-order valence-corrected chi connectivity index (χ0v) is 12.1. The number of hydrogen-bond acceptors (Lipinski definition) is 4. The minimum Gasteiger partial charge on any atom is -0.465 e. The summed E-state index contributed by atoms with van der Waals surface area (Å²) in [7, 11) is 1.26. The van der Waals surface area contributed by atoms with E-state index in [4.69, 9.17) is 0 Å². The van der Waals surface area contributed by atoms with Crippen LogP contribution in [0.4, 0.5) is 15.8 Å². The van der Waals surface area contributed by atoms with Gasteiger partial charge in [0.15, 0.2) is 0 Å². The minimum absolute atomic E-state index is 0.0892. The number of ether oxygens (including phenoxy) is 1. The highest BCUT2D eigenvalue weighted by atomic mass is 19.1. The van der Waals surface area contributed by atoms with Gasteiger partial charge in [-0.2, -0.15) is 0 Å². The Morgan fingerprint density at radius 1 is 0.913 bits per heavy atom. The lowest BCUT2D eigenvalue weighted by atomic mass is 10.2. The topological polar surface area (TPSA) is 84.5 Å². The predicted octanol–water partition coefficient (Wildman–Crippen LogP) is 2.19. The Balaban J connectivity index is 2.00. The molecule has 0 fully saturated rings. The molecule has 2 N–H and O–H groups in total. The van der Waals surface area contributed by atoms with Crippen LogP contribution >= 0.6 is 0 Å². The number of benzene rings is 2. The van der Waals surface area contributed by atoms with Crippen LogP contribution in [0.15, 0.2) is 48.5 Å². The molecule has 6 nitrogen and oxygen atoms in total. The molecule has 0 unspecified atom stereocenters. The van der Waals surface area contributed by atoms with Crippen molar-refractivity contribution in [3.8, 4) is 0 Å². The van der Waals surface area contributed by atoms with Crippen molar-refractivity contribution in [3.63, 3.8) is 0 Å². The molecule has 2 aromatic rings. The van der Waals surface area contributed by atoms with Gasteiger partial charge in [0.2, 0.25) is 0 Å². The number of amides is 2. The average Bonchev–Trinajstić information content (AvgIpc) is 2.56. The number of methoxy groups -OCH3 is 1. The van der Waals surface area contributed by atoms with Crippen molar-refractivity contribution in [1.82, 2.24) is 0 Å². The van der Waals surface area contributed by atoms with E-state index >= 15 is 0 Å². The lowest BCUT2D eigenvalue weighted by Crippen LogP contribution is -2.29. The van der Waals surface area contributed by atoms with Crippen LogP contribution in [-0.4, -0.2) is 24.9 Å². The molecule has 23 heavy (non-hydrogen) atoms. The normalized spacial score (nSPS) is 9.83. The quantitative estimate of drug-likeness (QED) is 0.671. The molecule has 118 valence electrons. The van der Waals surface area contributed by atoms with E-state index in [1.807, 2.05) is 0 Å². The van der Waals surface area contributed by atoms with Crippen molar-refractivity contribution in [1.29, 1.82) is 0 Å². The van der Waals surface area contributed by atoms with E-state index in [-0.39, 0.29) is 5.69 Å². The summed E-state index contributed by atoms with van der Waals surface area (Å²) in [5.74, 6) is -3.12.